The Labute approximate surface area is 122 Å². The molecule has 0 saturated heterocycles. The van der Waals surface area contributed by atoms with Gasteiger partial charge in [0.1, 0.15) is 0 Å². The van der Waals surface area contributed by atoms with Gasteiger partial charge in [-0.05, 0) is 24.1 Å². The van der Waals surface area contributed by atoms with E-state index >= 15 is 0 Å². The number of hydrogen-bond donors (Lipinski definition) is 3. The zero-order valence-corrected chi connectivity index (χ0v) is 11.8. The molecule has 0 bridgehead atoms. The minimum absolute atomic E-state index is 0.0847. The molecule has 1 aromatic rings. The van der Waals surface area contributed by atoms with Crippen molar-refractivity contribution in [2.24, 2.45) is 0 Å². The van der Waals surface area contributed by atoms with E-state index in [-0.39, 0.29) is 6.54 Å². The average Bonchev–Trinajstić information content (AvgIpc) is 2.41. The minimum atomic E-state index is -1.12. The Bertz CT molecular complexity index is 450. The number of aliphatic carboxylic acids is 1. The van der Waals surface area contributed by atoms with Crippen molar-refractivity contribution in [1.29, 1.82) is 0 Å². The molecule has 2 amide bonds. The molecule has 0 aliphatic carbocycles. The maximum absolute atomic E-state index is 11.4. The van der Waals surface area contributed by atoms with E-state index in [1.807, 2.05) is 12.1 Å². The van der Waals surface area contributed by atoms with E-state index in [9.17, 15) is 9.59 Å². The van der Waals surface area contributed by atoms with E-state index in [0.29, 0.717) is 18.0 Å². The Hall–Kier alpha value is -1.79. The lowest BCUT2D eigenvalue weighted by Gasteiger charge is -2.12. The second-order valence-electron chi connectivity index (χ2n) is 4.08. The Morgan fingerprint density at radius 2 is 1.95 bits per heavy atom. The zero-order valence-electron chi connectivity index (χ0n) is 11.1. The first-order valence-corrected chi connectivity index (χ1v) is 6.42. The molecule has 1 rings (SSSR count). The molecule has 20 heavy (non-hydrogen) atoms. The van der Waals surface area contributed by atoms with Crippen molar-refractivity contribution in [3.05, 3.63) is 34.9 Å². The third kappa shape index (κ3) is 5.90. The van der Waals surface area contributed by atoms with Crippen molar-refractivity contribution in [3.63, 3.8) is 0 Å². The van der Waals surface area contributed by atoms with Crippen molar-refractivity contribution in [2.75, 3.05) is 20.2 Å². The van der Waals surface area contributed by atoms with Crippen molar-refractivity contribution in [2.45, 2.75) is 12.5 Å². The molecule has 0 fully saturated rings. The van der Waals surface area contributed by atoms with Crippen LogP contribution in [0.25, 0.3) is 0 Å². The molecule has 1 unspecified atom stereocenters. The average molecular weight is 301 g/mol. The van der Waals surface area contributed by atoms with E-state index in [1.54, 1.807) is 12.1 Å². The molecule has 0 radical (unpaired) electrons. The summed E-state index contributed by atoms with van der Waals surface area (Å²) in [6.45, 7) is 0.358. The quantitative estimate of drug-likeness (QED) is 0.708. The summed E-state index contributed by atoms with van der Waals surface area (Å²) in [6, 6.07) is 6.91. The Morgan fingerprint density at radius 3 is 2.50 bits per heavy atom. The fourth-order valence-corrected chi connectivity index (χ4v) is 1.62. The number of halogens is 1. The number of hydrogen-bond acceptors (Lipinski definition) is 3. The summed E-state index contributed by atoms with van der Waals surface area (Å²) in [5.41, 5.74) is 1.05. The van der Waals surface area contributed by atoms with Crippen LogP contribution in [0.5, 0.6) is 0 Å². The maximum atomic E-state index is 11.4. The lowest BCUT2D eigenvalue weighted by atomic mass is 10.1. The van der Waals surface area contributed by atoms with Crippen LogP contribution in [0.2, 0.25) is 5.02 Å². The van der Waals surface area contributed by atoms with Gasteiger partial charge in [0.25, 0.3) is 0 Å². The SMILES string of the molecule is COC(CNC(=O)NCCc1ccc(Cl)cc1)C(=O)O. The Kier molecular flexibility index (Phi) is 6.83. The number of carboxylic acids is 1. The van der Waals surface area contributed by atoms with Crippen LogP contribution in [0.1, 0.15) is 5.56 Å². The third-order valence-electron chi connectivity index (χ3n) is 2.62. The molecule has 7 heteroatoms. The first kappa shape index (κ1) is 16.3. The molecule has 0 saturated carbocycles. The molecule has 1 atom stereocenters. The summed E-state index contributed by atoms with van der Waals surface area (Å²) >= 11 is 5.77. The van der Waals surface area contributed by atoms with Crippen LogP contribution in [0.4, 0.5) is 4.79 Å². The smallest absolute Gasteiger partial charge is 0.334 e. The van der Waals surface area contributed by atoms with Crippen LogP contribution in [0, 0.1) is 0 Å². The van der Waals surface area contributed by atoms with E-state index in [1.165, 1.54) is 7.11 Å². The topological polar surface area (TPSA) is 87.7 Å². The molecule has 0 aliphatic rings. The van der Waals surface area contributed by atoms with Gasteiger partial charge in [0.05, 0.1) is 6.54 Å². The van der Waals surface area contributed by atoms with E-state index in [0.717, 1.165) is 5.56 Å². The second-order valence-corrected chi connectivity index (χ2v) is 4.51. The van der Waals surface area contributed by atoms with Crippen molar-refractivity contribution in [3.8, 4) is 0 Å². The predicted octanol–water partition coefficient (Wildman–Crippen LogP) is 1.28. The van der Waals surface area contributed by atoms with E-state index < -0.39 is 18.1 Å². The highest BCUT2D eigenvalue weighted by Gasteiger charge is 2.16. The second kappa shape index (κ2) is 8.39. The summed E-state index contributed by atoms with van der Waals surface area (Å²) in [6.07, 6.45) is -0.381. The molecule has 6 nitrogen and oxygen atoms in total. The van der Waals surface area contributed by atoms with Crippen molar-refractivity contribution in [1.82, 2.24) is 10.6 Å². The monoisotopic (exact) mass is 300 g/mol. The van der Waals surface area contributed by atoms with Gasteiger partial charge < -0.3 is 20.5 Å². The van der Waals surface area contributed by atoms with Crippen molar-refractivity contribution >= 4 is 23.6 Å². The molecular weight excluding hydrogens is 284 g/mol. The Morgan fingerprint density at radius 1 is 1.30 bits per heavy atom. The van der Waals surface area contributed by atoms with Gasteiger partial charge in [0.2, 0.25) is 0 Å². The zero-order chi connectivity index (χ0) is 15.0. The fourth-order valence-electron chi connectivity index (χ4n) is 1.49. The van der Waals surface area contributed by atoms with Gasteiger partial charge in [-0.1, -0.05) is 23.7 Å². The fraction of sp³-hybridized carbons (Fsp3) is 0.385. The summed E-state index contributed by atoms with van der Waals surface area (Å²) < 4.78 is 4.69. The molecule has 110 valence electrons. The molecule has 0 spiro atoms. The summed E-state index contributed by atoms with van der Waals surface area (Å²) in [5.74, 6) is -1.12. The summed E-state index contributed by atoms with van der Waals surface area (Å²) in [7, 11) is 1.28. The molecule has 0 aromatic heterocycles. The van der Waals surface area contributed by atoms with Crippen LogP contribution < -0.4 is 10.6 Å². The highest BCUT2D eigenvalue weighted by atomic mass is 35.5. The number of benzene rings is 1. The van der Waals surface area contributed by atoms with Gasteiger partial charge in [0, 0.05) is 18.7 Å². The number of rotatable bonds is 7. The van der Waals surface area contributed by atoms with Crippen LogP contribution in [0.15, 0.2) is 24.3 Å². The number of amides is 2. The minimum Gasteiger partial charge on any atom is -0.479 e. The van der Waals surface area contributed by atoms with Crippen LogP contribution in [-0.2, 0) is 16.0 Å². The molecule has 1 aromatic carbocycles. The standard InChI is InChI=1S/C13H17ClN2O4/c1-20-11(12(17)18)8-16-13(19)15-7-6-9-2-4-10(14)5-3-9/h2-5,11H,6-8H2,1H3,(H,17,18)(H2,15,16,19). The van der Waals surface area contributed by atoms with Gasteiger partial charge in [0.15, 0.2) is 6.10 Å². The predicted molar refractivity (Wildman–Crippen MR) is 75.0 cm³/mol. The summed E-state index contributed by atoms with van der Waals surface area (Å²) in [5, 5.41) is 14.5. The van der Waals surface area contributed by atoms with Gasteiger partial charge in [-0.2, -0.15) is 0 Å². The number of ether oxygens (including phenoxy) is 1. The highest BCUT2D eigenvalue weighted by Crippen LogP contribution is 2.09. The normalized spacial score (nSPS) is 11.7. The number of nitrogens with one attached hydrogen (secondary N) is 2. The number of carboxylic acid groups (broad SMARTS) is 1. The molecular formula is C13H17ClN2O4. The maximum Gasteiger partial charge on any atom is 0.334 e. The largest absolute Gasteiger partial charge is 0.479 e. The van der Waals surface area contributed by atoms with Crippen LogP contribution in [-0.4, -0.2) is 43.4 Å². The number of carbonyl (C=O) groups excluding carboxylic acids is 1. The van der Waals surface area contributed by atoms with Gasteiger partial charge in [-0.25, -0.2) is 9.59 Å². The number of urea groups is 1. The number of carbonyl (C=O) groups is 2. The van der Waals surface area contributed by atoms with E-state index in [2.05, 4.69) is 10.6 Å². The first-order chi connectivity index (χ1) is 9.52. The lowest BCUT2D eigenvalue weighted by molar-refractivity contribution is -0.147. The highest BCUT2D eigenvalue weighted by molar-refractivity contribution is 6.30. The third-order valence-corrected chi connectivity index (χ3v) is 2.87. The lowest BCUT2D eigenvalue weighted by Crippen LogP contribution is -2.43. The van der Waals surface area contributed by atoms with Crippen molar-refractivity contribution < 1.29 is 19.4 Å². The van der Waals surface area contributed by atoms with E-state index in [4.69, 9.17) is 21.4 Å². The number of methoxy groups -OCH3 is 1. The molecule has 3 N–H and O–H groups in total. The van der Waals surface area contributed by atoms with Gasteiger partial charge in [-0.15, -0.1) is 0 Å². The molecule has 0 heterocycles. The Balaban J connectivity index is 2.23. The van der Waals surface area contributed by atoms with Crippen LogP contribution >= 0.6 is 11.6 Å². The first-order valence-electron chi connectivity index (χ1n) is 6.04. The van der Waals surface area contributed by atoms with Crippen LogP contribution in [0.3, 0.4) is 0 Å². The molecule has 0 aliphatic heterocycles. The van der Waals surface area contributed by atoms with Gasteiger partial charge in [-0.3, -0.25) is 0 Å². The summed E-state index contributed by atoms with van der Waals surface area (Å²) in [4.78, 5) is 22.1. The van der Waals surface area contributed by atoms with Gasteiger partial charge >= 0.3 is 12.0 Å².